The number of piperidine rings is 1. The van der Waals surface area contributed by atoms with Crippen molar-refractivity contribution in [1.82, 2.24) is 9.88 Å². The number of fused-ring (bicyclic) bond motifs is 1. The summed E-state index contributed by atoms with van der Waals surface area (Å²) in [5.41, 5.74) is 2.05. The van der Waals surface area contributed by atoms with Crippen LogP contribution in [0.4, 0.5) is 5.13 Å². The molecule has 2 heterocycles. The number of carbonyl (C=O) groups excluding carboxylic acids is 1. The molecule has 0 atom stereocenters. The van der Waals surface area contributed by atoms with Crippen molar-refractivity contribution in [2.75, 3.05) is 25.0 Å². The second kappa shape index (κ2) is 6.36. The zero-order chi connectivity index (χ0) is 17.5. The molecule has 0 bridgehead atoms. The summed E-state index contributed by atoms with van der Waals surface area (Å²) in [7, 11) is 1.95. The van der Waals surface area contributed by atoms with Crippen molar-refractivity contribution in [1.29, 1.82) is 0 Å². The molecule has 0 unspecified atom stereocenters. The Bertz CT molecular complexity index is 739. The Labute approximate surface area is 148 Å². The first-order valence-electron chi connectivity index (χ1n) is 8.66. The maximum Gasteiger partial charge on any atom is 0.227 e. The minimum absolute atomic E-state index is 0.233. The average molecular weight is 346 g/mol. The largest absolute Gasteiger partial charge is 0.348 e. The molecule has 1 aliphatic heterocycles. The Morgan fingerprint density at radius 3 is 2.54 bits per heavy atom. The number of hydrogen-bond donors (Lipinski definition) is 0. The molecule has 3 rings (SSSR count). The molecule has 1 aromatic heterocycles. The van der Waals surface area contributed by atoms with Crippen LogP contribution in [0.1, 0.15) is 39.2 Å². The number of amides is 1. The van der Waals surface area contributed by atoms with Crippen LogP contribution in [-0.4, -0.2) is 42.0 Å². The van der Waals surface area contributed by atoms with Crippen LogP contribution in [0, 0.1) is 12.3 Å². The monoisotopic (exact) mass is 345 g/mol. The molecule has 1 fully saturated rings. The van der Waals surface area contributed by atoms with E-state index in [4.69, 9.17) is 4.98 Å². The molecule has 0 saturated carbocycles. The van der Waals surface area contributed by atoms with Crippen molar-refractivity contribution in [3.05, 3.63) is 23.8 Å². The summed E-state index contributed by atoms with van der Waals surface area (Å²) in [5, 5.41) is 1.11. The SMILES string of the molecule is Cc1cccc2sc(N3CCC(N(C)C(=O)C(C)(C)C)CC3)nc12. The molecule has 1 saturated heterocycles. The summed E-state index contributed by atoms with van der Waals surface area (Å²) in [6.07, 6.45) is 2.01. The highest BCUT2D eigenvalue weighted by Gasteiger charge is 2.32. The lowest BCUT2D eigenvalue weighted by molar-refractivity contribution is -0.140. The number of anilines is 1. The molecule has 0 radical (unpaired) electrons. The van der Waals surface area contributed by atoms with Gasteiger partial charge in [0, 0.05) is 31.6 Å². The summed E-state index contributed by atoms with van der Waals surface area (Å²) < 4.78 is 1.26. The molecule has 0 aliphatic carbocycles. The third-order valence-electron chi connectivity index (χ3n) is 4.85. The second-order valence-corrected chi connectivity index (χ2v) is 8.81. The summed E-state index contributed by atoms with van der Waals surface area (Å²) in [6.45, 7) is 10.0. The number of aryl methyl sites for hydroxylation is 1. The molecule has 2 aromatic rings. The van der Waals surface area contributed by atoms with Gasteiger partial charge in [0.2, 0.25) is 5.91 Å². The fraction of sp³-hybridized carbons (Fsp3) is 0.579. The van der Waals surface area contributed by atoms with Gasteiger partial charge in [-0.15, -0.1) is 0 Å². The van der Waals surface area contributed by atoms with E-state index >= 15 is 0 Å². The van der Waals surface area contributed by atoms with Crippen LogP contribution in [0.2, 0.25) is 0 Å². The number of hydrogen-bond acceptors (Lipinski definition) is 4. The maximum atomic E-state index is 12.5. The van der Waals surface area contributed by atoms with Gasteiger partial charge in [-0.1, -0.05) is 44.2 Å². The molecular weight excluding hydrogens is 318 g/mol. The first kappa shape index (κ1) is 17.2. The van der Waals surface area contributed by atoms with E-state index in [1.54, 1.807) is 11.3 Å². The predicted octanol–water partition coefficient (Wildman–Crippen LogP) is 4.08. The minimum Gasteiger partial charge on any atom is -0.348 e. The topological polar surface area (TPSA) is 36.4 Å². The molecule has 4 nitrogen and oxygen atoms in total. The highest BCUT2D eigenvalue weighted by molar-refractivity contribution is 7.22. The number of rotatable bonds is 2. The Balaban J connectivity index is 1.68. The third kappa shape index (κ3) is 3.27. The van der Waals surface area contributed by atoms with E-state index in [0.29, 0.717) is 6.04 Å². The highest BCUT2D eigenvalue weighted by atomic mass is 32.1. The lowest BCUT2D eigenvalue weighted by Crippen LogP contribution is -2.48. The molecular formula is C19H27N3OS. The normalized spacial score (nSPS) is 16.6. The lowest BCUT2D eigenvalue weighted by Gasteiger charge is -2.38. The fourth-order valence-electron chi connectivity index (χ4n) is 3.35. The quantitative estimate of drug-likeness (QED) is 0.823. The van der Waals surface area contributed by atoms with Crippen LogP contribution >= 0.6 is 11.3 Å². The van der Waals surface area contributed by atoms with Crippen LogP contribution in [0.15, 0.2) is 18.2 Å². The van der Waals surface area contributed by atoms with E-state index in [9.17, 15) is 4.79 Å². The van der Waals surface area contributed by atoms with Gasteiger partial charge in [-0.3, -0.25) is 4.79 Å². The summed E-state index contributed by atoms with van der Waals surface area (Å²) >= 11 is 1.77. The van der Waals surface area contributed by atoms with Gasteiger partial charge in [0.15, 0.2) is 5.13 Å². The number of aromatic nitrogens is 1. The van der Waals surface area contributed by atoms with Crippen LogP contribution in [-0.2, 0) is 4.79 Å². The molecule has 0 spiro atoms. The number of thiazole rings is 1. The smallest absolute Gasteiger partial charge is 0.227 e. The van der Waals surface area contributed by atoms with E-state index < -0.39 is 0 Å². The molecule has 1 aromatic carbocycles. The van der Waals surface area contributed by atoms with Crippen LogP contribution in [0.5, 0.6) is 0 Å². The first-order valence-corrected chi connectivity index (χ1v) is 9.47. The molecule has 1 amide bonds. The first-order chi connectivity index (χ1) is 11.3. The maximum absolute atomic E-state index is 12.5. The number of nitrogens with zero attached hydrogens (tertiary/aromatic N) is 3. The number of benzene rings is 1. The van der Waals surface area contributed by atoms with Gasteiger partial charge in [-0.25, -0.2) is 4.98 Å². The van der Waals surface area contributed by atoms with Crippen molar-refractivity contribution in [3.63, 3.8) is 0 Å². The van der Waals surface area contributed by atoms with Crippen molar-refractivity contribution >= 4 is 32.6 Å². The van der Waals surface area contributed by atoms with Gasteiger partial charge >= 0.3 is 0 Å². The Hall–Kier alpha value is -1.62. The van der Waals surface area contributed by atoms with E-state index in [-0.39, 0.29) is 11.3 Å². The fourth-order valence-corrected chi connectivity index (χ4v) is 4.44. The van der Waals surface area contributed by atoms with Crippen molar-refractivity contribution in [2.45, 2.75) is 46.6 Å². The lowest BCUT2D eigenvalue weighted by atomic mass is 9.93. The molecule has 1 aliphatic rings. The van der Waals surface area contributed by atoms with Crippen LogP contribution in [0.3, 0.4) is 0 Å². The van der Waals surface area contributed by atoms with Crippen molar-refractivity contribution in [2.24, 2.45) is 5.41 Å². The van der Waals surface area contributed by atoms with Crippen LogP contribution < -0.4 is 4.90 Å². The standard InChI is InChI=1S/C19H27N3OS/c1-13-7-6-8-15-16(13)20-18(24-15)22-11-9-14(10-12-22)21(5)17(23)19(2,3)4/h6-8,14H,9-12H2,1-5H3. The molecule has 5 heteroatoms. The Morgan fingerprint density at radius 2 is 1.96 bits per heavy atom. The van der Waals surface area contributed by atoms with Gasteiger partial charge in [0.25, 0.3) is 0 Å². The second-order valence-electron chi connectivity index (χ2n) is 7.80. The summed E-state index contributed by atoms with van der Waals surface area (Å²) in [6, 6.07) is 6.69. The minimum atomic E-state index is -0.309. The van der Waals surface area contributed by atoms with E-state index in [1.807, 2.05) is 32.7 Å². The van der Waals surface area contributed by atoms with Crippen LogP contribution in [0.25, 0.3) is 10.2 Å². The number of carbonyl (C=O) groups is 1. The van der Waals surface area contributed by atoms with Crippen molar-refractivity contribution < 1.29 is 4.79 Å². The van der Waals surface area contributed by atoms with Gasteiger partial charge in [0.1, 0.15) is 0 Å². The van der Waals surface area contributed by atoms with Crippen molar-refractivity contribution in [3.8, 4) is 0 Å². The molecule has 0 N–H and O–H groups in total. The van der Waals surface area contributed by atoms with Gasteiger partial charge in [-0.2, -0.15) is 0 Å². The molecule has 130 valence electrons. The average Bonchev–Trinajstić information content (AvgIpc) is 2.98. The van der Waals surface area contributed by atoms with E-state index in [1.165, 1.54) is 10.3 Å². The summed E-state index contributed by atoms with van der Waals surface area (Å²) in [5.74, 6) is 0.233. The van der Waals surface area contributed by atoms with Gasteiger partial charge in [-0.05, 0) is 31.4 Å². The van der Waals surface area contributed by atoms with Gasteiger partial charge < -0.3 is 9.80 Å². The van der Waals surface area contributed by atoms with E-state index in [2.05, 4.69) is 30.0 Å². The number of para-hydroxylation sites is 1. The highest BCUT2D eigenvalue weighted by Crippen LogP contribution is 2.32. The Kier molecular flexibility index (Phi) is 4.56. The third-order valence-corrected chi connectivity index (χ3v) is 5.94. The van der Waals surface area contributed by atoms with E-state index in [0.717, 1.165) is 36.6 Å². The predicted molar refractivity (Wildman–Crippen MR) is 102 cm³/mol. The Morgan fingerprint density at radius 1 is 1.29 bits per heavy atom. The summed E-state index contributed by atoms with van der Waals surface area (Å²) in [4.78, 5) is 21.6. The molecule has 24 heavy (non-hydrogen) atoms. The zero-order valence-corrected chi connectivity index (χ0v) is 16.1. The van der Waals surface area contributed by atoms with Gasteiger partial charge in [0.05, 0.1) is 10.2 Å². The zero-order valence-electron chi connectivity index (χ0n) is 15.3.